The van der Waals surface area contributed by atoms with Gasteiger partial charge in [-0.05, 0) is 12.5 Å². The maximum Gasteiger partial charge on any atom is 0.307 e. The molecule has 6 heteroatoms. The van der Waals surface area contributed by atoms with E-state index in [1.807, 2.05) is 0 Å². The normalized spacial score (nSPS) is 9.95. The molecular formula is C13H18N2O4. The van der Waals surface area contributed by atoms with E-state index in [-0.39, 0.29) is 30.5 Å². The van der Waals surface area contributed by atoms with Crippen molar-refractivity contribution in [2.75, 3.05) is 13.2 Å². The first-order chi connectivity index (χ1) is 9.09. The van der Waals surface area contributed by atoms with Crippen LogP contribution in [-0.2, 0) is 20.9 Å². The lowest BCUT2D eigenvalue weighted by Crippen LogP contribution is -2.23. The second-order valence-corrected chi connectivity index (χ2v) is 4.04. The van der Waals surface area contributed by atoms with Gasteiger partial charge >= 0.3 is 5.97 Å². The fourth-order valence-electron chi connectivity index (χ4n) is 1.45. The zero-order valence-corrected chi connectivity index (χ0v) is 10.9. The third kappa shape index (κ3) is 6.40. The molecule has 0 spiro atoms. The van der Waals surface area contributed by atoms with E-state index >= 15 is 0 Å². The van der Waals surface area contributed by atoms with Crippen molar-refractivity contribution in [3.63, 3.8) is 0 Å². The van der Waals surface area contributed by atoms with Gasteiger partial charge in [0.05, 0.1) is 13.0 Å². The van der Waals surface area contributed by atoms with Crippen LogP contribution in [0, 0.1) is 0 Å². The second kappa shape index (κ2) is 8.07. The van der Waals surface area contributed by atoms with Crippen molar-refractivity contribution in [2.24, 2.45) is 0 Å². The van der Waals surface area contributed by atoms with E-state index in [9.17, 15) is 14.4 Å². The highest BCUT2D eigenvalue weighted by Crippen LogP contribution is 1.92. The number of ether oxygens (including phenoxy) is 1. The smallest absolute Gasteiger partial charge is 0.307 e. The average molecular weight is 266 g/mol. The number of aryl methyl sites for hydroxylation is 1. The first-order valence-corrected chi connectivity index (χ1v) is 6.15. The summed E-state index contributed by atoms with van der Waals surface area (Å²) in [6.07, 6.45) is 2.37. The number of carbonyl (C=O) groups excluding carboxylic acids is 2. The van der Waals surface area contributed by atoms with Crippen LogP contribution in [0.4, 0.5) is 0 Å². The number of amides is 1. The molecule has 0 unspecified atom stereocenters. The average Bonchev–Trinajstić information content (AvgIpc) is 2.37. The van der Waals surface area contributed by atoms with E-state index in [0.717, 1.165) is 0 Å². The minimum atomic E-state index is -0.349. The molecule has 0 fully saturated rings. The molecule has 6 nitrogen and oxygen atoms in total. The van der Waals surface area contributed by atoms with Gasteiger partial charge in [0.2, 0.25) is 5.91 Å². The molecule has 1 heterocycles. The third-order valence-electron chi connectivity index (χ3n) is 2.41. The number of hydrogen-bond donors (Lipinski definition) is 1. The summed E-state index contributed by atoms with van der Waals surface area (Å²) in [5, 5.41) is 2.61. The number of esters is 1. The molecule has 1 rings (SSSR count). The van der Waals surface area contributed by atoms with Crippen LogP contribution in [0.2, 0.25) is 0 Å². The monoisotopic (exact) mass is 266 g/mol. The summed E-state index contributed by atoms with van der Waals surface area (Å²) in [4.78, 5) is 33.3. The quantitative estimate of drug-likeness (QED) is 0.569. The largest absolute Gasteiger partial charge is 0.466 e. The first-order valence-electron chi connectivity index (χ1n) is 6.15. The van der Waals surface area contributed by atoms with Crippen molar-refractivity contribution in [2.45, 2.75) is 26.3 Å². The van der Waals surface area contributed by atoms with Gasteiger partial charge in [-0.2, -0.15) is 0 Å². The molecule has 0 atom stereocenters. The Morgan fingerprint density at radius 2 is 2.16 bits per heavy atom. The SMILES string of the molecule is CC(=O)NCCCOC(=O)CCn1ccccc1=O. The molecule has 0 bridgehead atoms. The molecule has 104 valence electrons. The van der Waals surface area contributed by atoms with Crippen LogP contribution in [0.15, 0.2) is 29.2 Å². The van der Waals surface area contributed by atoms with Gasteiger partial charge in [0, 0.05) is 32.3 Å². The van der Waals surface area contributed by atoms with Crippen molar-refractivity contribution >= 4 is 11.9 Å². The maximum atomic E-state index is 11.4. The molecule has 0 aliphatic carbocycles. The molecular weight excluding hydrogens is 248 g/mol. The fourth-order valence-corrected chi connectivity index (χ4v) is 1.45. The molecule has 0 aliphatic heterocycles. The lowest BCUT2D eigenvalue weighted by Gasteiger charge is -2.06. The number of hydrogen-bond acceptors (Lipinski definition) is 4. The van der Waals surface area contributed by atoms with E-state index in [1.54, 1.807) is 18.3 Å². The van der Waals surface area contributed by atoms with Gasteiger partial charge in [-0.15, -0.1) is 0 Å². The molecule has 1 amide bonds. The summed E-state index contributed by atoms with van der Waals surface area (Å²) in [6.45, 7) is 2.50. The van der Waals surface area contributed by atoms with Gasteiger partial charge < -0.3 is 14.6 Å². The standard InChI is InChI=1S/C13H18N2O4/c1-11(16)14-7-4-10-19-13(18)6-9-15-8-3-2-5-12(15)17/h2-3,5,8H,4,6-7,9-10H2,1H3,(H,14,16). The molecule has 0 aliphatic rings. The van der Waals surface area contributed by atoms with Crippen LogP contribution in [0.3, 0.4) is 0 Å². The molecule has 1 aromatic rings. The highest BCUT2D eigenvalue weighted by molar-refractivity contribution is 5.72. The summed E-state index contributed by atoms with van der Waals surface area (Å²) in [5.41, 5.74) is -0.138. The molecule has 0 radical (unpaired) electrons. The zero-order chi connectivity index (χ0) is 14.1. The first kappa shape index (κ1) is 14.9. The van der Waals surface area contributed by atoms with Crippen molar-refractivity contribution in [3.05, 3.63) is 34.7 Å². The summed E-state index contributed by atoms with van der Waals surface area (Å²) < 4.78 is 6.44. The lowest BCUT2D eigenvalue weighted by atomic mass is 10.4. The van der Waals surface area contributed by atoms with Gasteiger partial charge in [0.15, 0.2) is 0 Å². The number of nitrogens with zero attached hydrogens (tertiary/aromatic N) is 1. The Labute approximate surface area is 111 Å². The van der Waals surface area contributed by atoms with Crippen LogP contribution in [0.25, 0.3) is 0 Å². The zero-order valence-electron chi connectivity index (χ0n) is 10.9. The Bertz CT molecular complexity index is 482. The molecule has 0 saturated carbocycles. The van der Waals surface area contributed by atoms with Crippen molar-refractivity contribution in [1.82, 2.24) is 9.88 Å². The Morgan fingerprint density at radius 1 is 1.37 bits per heavy atom. The van der Waals surface area contributed by atoms with E-state index in [0.29, 0.717) is 19.5 Å². The van der Waals surface area contributed by atoms with Crippen molar-refractivity contribution in [1.29, 1.82) is 0 Å². The maximum absolute atomic E-state index is 11.4. The number of aromatic nitrogens is 1. The summed E-state index contributed by atoms with van der Waals surface area (Å²) in [5.74, 6) is -0.451. The topological polar surface area (TPSA) is 77.4 Å². The van der Waals surface area contributed by atoms with Crippen LogP contribution in [0.1, 0.15) is 19.8 Å². The molecule has 1 aromatic heterocycles. The van der Waals surface area contributed by atoms with E-state index in [4.69, 9.17) is 4.74 Å². The molecule has 1 N–H and O–H groups in total. The Balaban J connectivity index is 2.17. The highest BCUT2D eigenvalue weighted by Gasteiger charge is 2.03. The molecule has 0 saturated heterocycles. The Morgan fingerprint density at radius 3 is 2.84 bits per heavy atom. The Kier molecular flexibility index (Phi) is 6.35. The van der Waals surface area contributed by atoms with Crippen LogP contribution in [0.5, 0.6) is 0 Å². The van der Waals surface area contributed by atoms with Gasteiger partial charge in [0.1, 0.15) is 0 Å². The highest BCUT2D eigenvalue weighted by atomic mass is 16.5. The summed E-state index contributed by atoms with van der Waals surface area (Å²) in [6, 6.07) is 4.83. The van der Waals surface area contributed by atoms with Crippen molar-refractivity contribution in [3.8, 4) is 0 Å². The molecule has 0 aromatic carbocycles. The summed E-state index contributed by atoms with van der Waals surface area (Å²) in [7, 11) is 0. The summed E-state index contributed by atoms with van der Waals surface area (Å²) >= 11 is 0. The number of rotatable bonds is 7. The minimum absolute atomic E-state index is 0.102. The second-order valence-electron chi connectivity index (χ2n) is 4.04. The minimum Gasteiger partial charge on any atom is -0.466 e. The van der Waals surface area contributed by atoms with E-state index < -0.39 is 0 Å². The van der Waals surface area contributed by atoms with Crippen LogP contribution in [-0.4, -0.2) is 29.6 Å². The van der Waals surface area contributed by atoms with Gasteiger partial charge in [0.25, 0.3) is 5.56 Å². The van der Waals surface area contributed by atoms with Crippen LogP contribution >= 0.6 is 0 Å². The van der Waals surface area contributed by atoms with E-state index in [2.05, 4.69) is 5.32 Å². The third-order valence-corrected chi connectivity index (χ3v) is 2.41. The number of nitrogens with one attached hydrogen (secondary N) is 1. The van der Waals surface area contributed by atoms with E-state index in [1.165, 1.54) is 17.6 Å². The Hall–Kier alpha value is -2.11. The lowest BCUT2D eigenvalue weighted by molar-refractivity contribution is -0.143. The number of carbonyl (C=O) groups is 2. The van der Waals surface area contributed by atoms with Gasteiger partial charge in [-0.1, -0.05) is 6.07 Å². The van der Waals surface area contributed by atoms with Gasteiger partial charge in [-0.3, -0.25) is 14.4 Å². The van der Waals surface area contributed by atoms with Crippen LogP contribution < -0.4 is 10.9 Å². The van der Waals surface area contributed by atoms with Gasteiger partial charge in [-0.25, -0.2) is 0 Å². The fraction of sp³-hybridized carbons (Fsp3) is 0.462. The molecule has 19 heavy (non-hydrogen) atoms. The van der Waals surface area contributed by atoms with Crippen molar-refractivity contribution < 1.29 is 14.3 Å². The number of pyridine rings is 1. The predicted molar refractivity (Wildman–Crippen MR) is 69.6 cm³/mol. The predicted octanol–water partition coefficient (Wildman–Crippen LogP) is 0.308.